The van der Waals surface area contributed by atoms with Crippen molar-refractivity contribution in [2.75, 3.05) is 13.2 Å². The normalized spacial score (nSPS) is 12.2. The molecule has 10 rings (SSSR count). The summed E-state index contributed by atoms with van der Waals surface area (Å²) in [6, 6.07) is 56.7. The summed E-state index contributed by atoms with van der Waals surface area (Å²) in [5, 5.41) is 5.46. The van der Waals surface area contributed by atoms with E-state index in [1.807, 2.05) is 162 Å². The number of ether oxygens (including phenoxy) is 2. The molecule has 1 unspecified atom stereocenters. The first-order valence-electron chi connectivity index (χ1n) is 23.1. The maximum Gasteiger partial charge on any atom is 0.407 e. The molecule has 2 N–H and O–H groups in total. The summed E-state index contributed by atoms with van der Waals surface area (Å²) >= 11 is 0. The standard InChI is InChI=1S/C58H49N5O6/c64-54(50(31-39-15-4-1-5-16-39)61-55(65)35-59-58(66)69-38-49-47-24-12-10-22-45(47)46-23-11-13-25-48(46)49)33-41-26-28-42(29-27-41)37-68-57-52(34-44-21-14-30-67-44)62-56-51(32-40-17-6-2-7-18-40)60-53(36-63(56)57)43-19-8-3-9-20-43/h1-30,36,49-50H,31-35,37-38H2,(H,59,66)(H,61,65). The van der Waals surface area contributed by atoms with Gasteiger partial charge in [0.05, 0.1) is 30.1 Å². The Hall–Kier alpha value is -8.57. The molecule has 0 aliphatic heterocycles. The number of furan rings is 1. The molecule has 1 aliphatic rings. The number of alkyl carbamates (subject to hydrolysis) is 1. The van der Waals surface area contributed by atoms with E-state index in [0.717, 1.165) is 67.2 Å². The summed E-state index contributed by atoms with van der Waals surface area (Å²) in [5.41, 5.74) is 12.1. The SMILES string of the molecule is O=C(CNC(=O)OCC1c2ccccc2-c2ccccc21)NC(Cc1ccccc1)C(=O)Cc1ccc(COc2c(Cc3ccco3)nc3c(Cc4ccccc4)nc(-c4ccccc4)cn23)cc1. The van der Waals surface area contributed by atoms with Crippen molar-refractivity contribution >= 4 is 23.4 Å². The molecule has 0 fully saturated rings. The Labute approximate surface area is 399 Å². The number of aromatic nitrogens is 3. The highest BCUT2D eigenvalue weighted by atomic mass is 16.5. The molecule has 9 aromatic rings. The van der Waals surface area contributed by atoms with Crippen LogP contribution in [0.5, 0.6) is 5.88 Å². The van der Waals surface area contributed by atoms with Crippen molar-refractivity contribution < 1.29 is 28.3 Å². The van der Waals surface area contributed by atoms with E-state index in [-0.39, 0.29) is 44.3 Å². The zero-order chi connectivity index (χ0) is 46.9. The average Bonchev–Trinajstić information content (AvgIpc) is 4.12. The number of imidazole rings is 1. The second kappa shape index (κ2) is 20.5. The van der Waals surface area contributed by atoms with Gasteiger partial charge in [0.2, 0.25) is 11.8 Å². The molecule has 6 aromatic carbocycles. The summed E-state index contributed by atoms with van der Waals surface area (Å²) < 4.78 is 20.1. The van der Waals surface area contributed by atoms with Crippen LogP contribution in [0.4, 0.5) is 4.79 Å². The van der Waals surface area contributed by atoms with Gasteiger partial charge in [-0.2, -0.15) is 0 Å². The average molecular weight is 912 g/mol. The summed E-state index contributed by atoms with van der Waals surface area (Å²) in [7, 11) is 0. The monoisotopic (exact) mass is 911 g/mol. The van der Waals surface area contributed by atoms with E-state index in [2.05, 4.69) is 34.9 Å². The molecular weight excluding hydrogens is 863 g/mol. The van der Waals surface area contributed by atoms with Crippen LogP contribution in [0.1, 0.15) is 56.4 Å². The molecule has 11 heteroatoms. The van der Waals surface area contributed by atoms with E-state index in [9.17, 15) is 14.4 Å². The van der Waals surface area contributed by atoms with E-state index in [0.29, 0.717) is 30.1 Å². The van der Waals surface area contributed by atoms with Crippen LogP contribution in [0, 0.1) is 0 Å². The molecule has 1 aliphatic carbocycles. The van der Waals surface area contributed by atoms with E-state index in [1.54, 1.807) is 6.26 Å². The third-order valence-corrected chi connectivity index (χ3v) is 12.4. The molecule has 342 valence electrons. The Morgan fingerprint density at radius 2 is 1.28 bits per heavy atom. The van der Waals surface area contributed by atoms with Crippen LogP contribution in [0.2, 0.25) is 0 Å². The number of carbonyl (C=O) groups excluding carboxylic acids is 3. The number of rotatable bonds is 18. The number of amides is 2. The Balaban J connectivity index is 0.811. The van der Waals surface area contributed by atoms with Crippen molar-refractivity contribution in [3.63, 3.8) is 0 Å². The molecule has 3 aromatic heterocycles. The van der Waals surface area contributed by atoms with E-state index in [1.165, 1.54) is 0 Å². The molecule has 2 amide bonds. The van der Waals surface area contributed by atoms with Gasteiger partial charge in [0, 0.05) is 30.5 Å². The number of ketones is 1. The van der Waals surface area contributed by atoms with Crippen molar-refractivity contribution in [2.45, 2.75) is 44.2 Å². The predicted octanol–water partition coefficient (Wildman–Crippen LogP) is 10.1. The van der Waals surface area contributed by atoms with E-state index >= 15 is 0 Å². The van der Waals surface area contributed by atoms with Crippen LogP contribution in [0.15, 0.2) is 193 Å². The minimum Gasteiger partial charge on any atom is -0.472 e. The fourth-order valence-corrected chi connectivity index (χ4v) is 9.01. The third kappa shape index (κ3) is 10.4. The van der Waals surface area contributed by atoms with Gasteiger partial charge in [-0.15, -0.1) is 0 Å². The Bertz CT molecular complexity index is 3160. The Morgan fingerprint density at radius 3 is 1.96 bits per heavy atom. The van der Waals surface area contributed by atoms with Crippen molar-refractivity contribution in [2.24, 2.45) is 0 Å². The summed E-state index contributed by atoms with van der Waals surface area (Å²) in [6.45, 7) is 0.00385. The second-order valence-electron chi connectivity index (χ2n) is 17.2. The predicted molar refractivity (Wildman–Crippen MR) is 264 cm³/mol. The molecule has 3 heterocycles. The van der Waals surface area contributed by atoms with Gasteiger partial charge in [0.25, 0.3) is 0 Å². The molecule has 11 nitrogen and oxygen atoms in total. The van der Waals surface area contributed by atoms with Gasteiger partial charge >= 0.3 is 6.09 Å². The minimum absolute atomic E-state index is 0.0821. The first-order chi connectivity index (χ1) is 33.9. The zero-order valence-corrected chi connectivity index (χ0v) is 37.8. The maximum atomic E-state index is 14.0. The second-order valence-corrected chi connectivity index (χ2v) is 17.2. The van der Waals surface area contributed by atoms with E-state index < -0.39 is 18.0 Å². The van der Waals surface area contributed by atoms with Gasteiger partial charge in [-0.25, -0.2) is 14.8 Å². The molecule has 0 saturated carbocycles. The zero-order valence-electron chi connectivity index (χ0n) is 37.8. The van der Waals surface area contributed by atoms with Crippen molar-refractivity contribution in [1.82, 2.24) is 25.0 Å². The molecule has 1 atom stereocenters. The lowest BCUT2D eigenvalue weighted by molar-refractivity contribution is -0.127. The van der Waals surface area contributed by atoms with Gasteiger partial charge in [0.1, 0.15) is 31.2 Å². The number of benzene rings is 6. The lowest BCUT2D eigenvalue weighted by Gasteiger charge is -2.19. The molecular formula is C58H49N5O6. The Kier molecular flexibility index (Phi) is 13.2. The van der Waals surface area contributed by atoms with Gasteiger partial charge in [0.15, 0.2) is 11.4 Å². The molecule has 0 saturated heterocycles. The number of Topliss-reactive ketones (excluding diaryl/α,β-unsaturated/α-hetero) is 1. The smallest absolute Gasteiger partial charge is 0.407 e. The van der Waals surface area contributed by atoms with Gasteiger partial charge in [-0.05, 0) is 63.1 Å². The first-order valence-corrected chi connectivity index (χ1v) is 23.1. The van der Waals surface area contributed by atoms with Gasteiger partial charge in [-0.1, -0.05) is 164 Å². The molecule has 69 heavy (non-hydrogen) atoms. The number of fused-ring (bicyclic) bond motifs is 4. The first kappa shape index (κ1) is 44.3. The summed E-state index contributed by atoms with van der Waals surface area (Å²) in [4.78, 5) is 50.5. The fourth-order valence-electron chi connectivity index (χ4n) is 9.01. The minimum atomic E-state index is -0.836. The lowest BCUT2D eigenvalue weighted by Crippen LogP contribution is -2.47. The van der Waals surface area contributed by atoms with Crippen LogP contribution in [-0.2, 0) is 46.6 Å². The van der Waals surface area contributed by atoms with E-state index in [4.69, 9.17) is 23.9 Å². The van der Waals surface area contributed by atoms with Crippen LogP contribution < -0.4 is 15.4 Å². The number of hydrogen-bond donors (Lipinski definition) is 2. The lowest BCUT2D eigenvalue weighted by atomic mass is 9.97. The quantitative estimate of drug-likeness (QED) is 0.0869. The molecule has 0 radical (unpaired) electrons. The molecule has 0 spiro atoms. The summed E-state index contributed by atoms with van der Waals surface area (Å²) in [6.07, 6.45) is 4.29. The Morgan fingerprint density at radius 1 is 0.638 bits per heavy atom. The topological polar surface area (TPSA) is 137 Å². The maximum absolute atomic E-state index is 14.0. The van der Waals surface area contributed by atoms with Crippen LogP contribution >= 0.6 is 0 Å². The highest BCUT2D eigenvalue weighted by Crippen LogP contribution is 2.44. The van der Waals surface area contributed by atoms with Crippen LogP contribution in [-0.4, -0.2) is 51.3 Å². The third-order valence-electron chi connectivity index (χ3n) is 12.4. The number of hydrogen-bond acceptors (Lipinski definition) is 8. The number of carbonyl (C=O) groups is 3. The largest absolute Gasteiger partial charge is 0.472 e. The van der Waals surface area contributed by atoms with Crippen LogP contribution in [0.3, 0.4) is 0 Å². The van der Waals surface area contributed by atoms with Crippen molar-refractivity contribution in [1.29, 1.82) is 0 Å². The summed E-state index contributed by atoms with van der Waals surface area (Å²) in [5.74, 6) is 0.566. The number of nitrogens with zero attached hydrogens (tertiary/aromatic N) is 3. The highest BCUT2D eigenvalue weighted by Gasteiger charge is 2.29. The van der Waals surface area contributed by atoms with Gasteiger partial charge in [-0.3, -0.25) is 14.0 Å². The van der Waals surface area contributed by atoms with Crippen molar-refractivity contribution in [3.8, 4) is 28.3 Å². The fraction of sp³-hybridized carbons (Fsp3) is 0.155. The van der Waals surface area contributed by atoms with Crippen molar-refractivity contribution in [3.05, 3.63) is 239 Å². The van der Waals surface area contributed by atoms with Gasteiger partial charge < -0.3 is 24.5 Å². The van der Waals surface area contributed by atoms with Crippen LogP contribution in [0.25, 0.3) is 28.0 Å². The number of nitrogens with one attached hydrogen (secondary N) is 2. The highest BCUT2D eigenvalue weighted by molar-refractivity contribution is 5.92. The molecule has 0 bridgehead atoms.